The molecular formula is C32H25BrN4OS. The van der Waals surface area contributed by atoms with Crippen molar-refractivity contribution in [3.8, 4) is 11.1 Å². The number of ketones is 1. The fourth-order valence-corrected chi connectivity index (χ4v) is 5.74. The zero-order chi connectivity index (χ0) is 26.9. The van der Waals surface area contributed by atoms with E-state index in [9.17, 15) is 4.79 Å². The van der Waals surface area contributed by atoms with Gasteiger partial charge in [-0.15, -0.1) is 0 Å². The van der Waals surface area contributed by atoms with Crippen LogP contribution in [0.2, 0.25) is 0 Å². The minimum atomic E-state index is 0.168. The zero-order valence-corrected chi connectivity index (χ0v) is 23.9. The smallest absolute Gasteiger partial charge is 0.168 e. The van der Waals surface area contributed by atoms with E-state index in [1.54, 1.807) is 11.3 Å². The van der Waals surface area contributed by atoms with Crippen LogP contribution in [0.4, 0.5) is 0 Å². The van der Waals surface area contributed by atoms with Gasteiger partial charge in [0.1, 0.15) is 0 Å². The molecule has 5 nitrogen and oxygen atoms in total. The number of nitrogens with zero attached hydrogens (tertiary/aromatic N) is 2. The van der Waals surface area contributed by atoms with Crippen molar-refractivity contribution >= 4 is 65.6 Å². The Balaban J connectivity index is 0.000000210. The SMILES string of the molecule is Cc1[nH]nc2ccc(-c3ccc4cc(CC(=O)c5ccsc5)ccc4c3)cc12.Cc1[nH]nc2ccc(Br)cc12. The summed E-state index contributed by atoms with van der Waals surface area (Å²) in [5.74, 6) is 0.168. The molecule has 0 spiro atoms. The monoisotopic (exact) mass is 592 g/mol. The standard InChI is InChI=1S/C24H18N2OS.C8H7BrN2/c1-15-22-13-20(6-7-23(22)26-25-15)19-5-4-17-10-16(2-3-18(17)12-19)11-24(27)21-8-9-28-14-21;1-5-7-4-6(9)2-3-8(7)11-10-5/h2-10,12-14H,11H2,1H3,(H,25,26);2-4H,1H3,(H,10,11). The first-order valence-corrected chi connectivity index (χ1v) is 14.3. The van der Waals surface area contributed by atoms with Crippen molar-refractivity contribution in [3.63, 3.8) is 0 Å². The van der Waals surface area contributed by atoms with Gasteiger partial charge in [0.2, 0.25) is 0 Å². The number of aromatic nitrogens is 4. The van der Waals surface area contributed by atoms with Crippen molar-refractivity contribution in [1.29, 1.82) is 0 Å². The number of carbonyl (C=O) groups excluding carboxylic acids is 1. The number of fused-ring (bicyclic) bond motifs is 3. The lowest BCUT2D eigenvalue weighted by molar-refractivity contribution is 0.0993. The number of halogens is 1. The highest BCUT2D eigenvalue weighted by Crippen LogP contribution is 2.29. The van der Waals surface area contributed by atoms with E-state index in [1.807, 2.05) is 42.8 Å². The van der Waals surface area contributed by atoms with Crippen LogP contribution < -0.4 is 0 Å². The lowest BCUT2D eigenvalue weighted by Crippen LogP contribution is -2.01. The number of hydrogen-bond acceptors (Lipinski definition) is 4. The predicted molar refractivity (Wildman–Crippen MR) is 165 cm³/mol. The quantitative estimate of drug-likeness (QED) is 0.200. The lowest BCUT2D eigenvalue weighted by Gasteiger charge is -2.07. The molecule has 0 atom stereocenters. The van der Waals surface area contributed by atoms with Crippen LogP contribution in [0.5, 0.6) is 0 Å². The van der Waals surface area contributed by atoms with E-state index in [0.29, 0.717) is 6.42 Å². The number of carbonyl (C=O) groups is 1. The Morgan fingerprint density at radius 3 is 2.15 bits per heavy atom. The minimum absolute atomic E-state index is 0.168. The Bertz CT molecular complexity index is 1950. The molecule has 0 aliphatic heterocycles. The molecule has 7 heteroatoms. The first kappa shape index (κ1) is 25.2. The molecule has 39 heavy (non-hydrogen) atoms. The molecule has 4 aromatic carbocycles. The number of Topliss-reactive ketones (excluding diaryl/α,β-unsaturated/α-hetero) is 1. The summed E-state index contributed by atoms with van der Waals surface area (Å²) in [5, 5.41) is 22.9. The summed E-state index contributed by atoms with van der Waals surface area (Å²) in [7, 11) is 0. The molecule has 0 fully saturated rings. The van der Waals surface area contributed by atoms with Crippen molar-refractivity contribution < 1.29 is 4.79 Å². The summed E-state index contributed by atoms with van der Waals surface area (Å²) >= 11 is 4.97. The third-order valence-electron chi connectivity index (χ3n) is 6.90. The zero-order valence-electron chi connectivity index (χ0n) is 21.5. The molecular weight excluding hydrogens is 568 g/mol. The molecule has 0 unspecified atom stereocenters. The van der Waals surface area contributed by atoms with Crippen LogP contribution >= 0.6 is 27.3 Å². The second-order valence-electron chi connectivity index (χ2n) is 9.60. The molecule has 0 aliphatic carbocycles. The summed E-state index contributed by atoms with van der Waals surface area (Å²) < 4.78 is 1.09. The second kappa shape index (κ2) is 10.6. The summed E-state index contributed by atoms with van der Waals surface area (Å²) in [4.78, 5) is 12.4. The third-order valence-corrected chi connectivity index (χ3v) is 8.07. The summed E-state index contributed by atoms with van der Waals surface area (Å²) in [6.45, 7) is 4.06. The van der Waals surface area contributed by atoms with E-state index in [-0.39, 0.29) is 5.78 Å². The van der Waals surface area contributed by atoms with E-state index >= 15 is 0 Å². The fraction of sp³-hybridized carbons (Fsp3) is 0.0938. The van der Waals surface area contributed by atoms with E-state index in [1.165, 1.54) is 21.9 Å². The van der Waals surface area contributed by atoms with Gasteiger partial charge in [0.15, 0.2) is 5.78 Å². The summed E-state index contributed by atoms with van der Waals surface area (Å²) in [5.41, 5.74) is 8.40. The van der Waals surface area contributed by atoms with Gasteiger partial charge in [-0.2, -0.15) is 21.5 Å². The average molecular weight is 594 g/mol. The van der Waals surface area contributed by atoms with Crippen molar-refractivity contribution in [1.82, 2.24) is 20.4 Å². The van der Waals surface area contributed by atoms with Crippen LogP contribution in [0.1, 0.15) is 27.3 Å². The van der Waals surface area contributed by atoms with Crippen LogP contribution in [0.15, 0.2) is 94.1 Å². The number of H-pyrrole nitrogens is 2. The Morgan fingerprint density at radius 1 is 0.769 bits per heavy atom. The Morgan fingerprint density at radius 2 is 1.41 bits per heavy atom. The highest BCUT2D eigenvalue weighted by atomic mass is 79.9. The van der Waals surface area contributed by atoms with E-state index in [0.717, 1.165) is 48.8 Å². The molecule has 3 heterocycles. The normalized spacial score (nSPS) is 11.2. The number of benzene rings is 4. The van der Waals surface area contributed by atoms with Gasteiger partial charge >= 0.3 is 0 Å². The van der Waals surface area contributed by atoms with Crippen LogP contribution in [0.25, 0.3) is 43.7 Å². The topological polar surface area (TPSA) is 74.4 Å². The summed E-state index contributed by atoms with van der Waals surface area (Å²) in [6, 6.07) is 27.0. The number of rotatable bonds is 4. The van der Waals surface area contributed by atoms with Crippen LogP contribution in [0, 0.1) is 13.8 Å². The maximum absolute atomic E-state index is 12.4. The van der Waals surface area contributed by atoms with Crippen LogP contribution in [-0.2, 0) is 6.42 Å². The first-order valence-electron chi connectivity index (χ1n) is 12.6. The molecule has 192 valence electrons. The highest BCUT2D eigenvalue weighted by Gasteiger charge is 2.09. The minimum Gasteiger partial charge on any atom is -0.294 e. The van der Waals surface area contributed by atoms with Crippen LogP contribution in [0.3, 0.4) is 0 Å². The van der Waals surface area contributed by atoms with Gasteiger partial charge in [-0.05, 0) is 89.2 Å². The molecule has 0 aliphatic rings. The Labute approximate surface area is 238 Å². The highest BCUT2D eigenvalue weighted by molar-refractivity contribution is 9.10. The number of thiophene rings is 1. The van der Waals surface area contributed by atoms with Gasteiger partial charge < -0.3 is 0 Å². The van der Waals surface area contributed by atoms with Gasteiger partial charge in [0, 0.05) is 44.0 Å². The molecule has 7 rings (SSSR count). The van der Waals surface area contributed by atoms with Gasteiger partial charge in [-0.25, -0.2) is 0 Å². The van der Waals surface area contributed by atoms with E-state index in [2.05, 4.69) is 97.0 Å². The molecule has 0 bridgehead atoms. The second-order valence-corrected chi connectivity index (χ2v) is 11.3. The first-order chi connectivity index (χ1) is 18.9. The van der Waals surface area contributed by atoms with Gasteiger partial charge in [0.25, 0.3) is 0 Å². The Kier molecular flexibility index (Phi) is 6.85. The molecule has 7 aromatic rings. The van der Waals surface area contributed by atoms with Gasteiger partial charge in [0.05, 0.1) is 11.0 Å². The van der Waals surface area contributed by atoms with Crippen molar-refractivity contribution in [2.75, 3.05) is 0 Å². The largest absolute Gasteiger partial charge is 0.294 e. The van der Waals surface area contributed by atoms with Crippen molar-refractivity contribution in [2.24, 2.45) is 0 Å². The maximum atomic E-state index is 12.4. The fourth-order valence-electron chi connectivity index (χ4n) is 4.72. The third kappa shape index (κ3) is 5.28. The molecule has 3 aromatic heterocycles. The lowest BCUT2D eigenvalue weighted by atomic mass is 9.97. The Hall–Kier alpha value is -4.07. The molecule has 0 saturated heterocycles. The number of nitrogens with one attached hydrogen (secondary N) is 2. The maximum Gasteiger partial charge on any atom is 0.168 e. The van der Waals surface area contributed by atoms with Crippen LogP contribution in [-0.4, -0.2) is 26.2 Å². The molecule has 0 amide bonds. The molecule has 2 N–H and O–H groups in total. The van der Waals surface area contributed by atoms with Gasteiger partial charge in [-0.1, -0.05) is 52.3 Å². The van der Waals surface area contributed by atoms with E-state index in [4.69, 9.17) is 0 Å². The molecule has 0 saturated carbocycles. The predicted octanol–water partition coefficient (Wildman–Crippen LogP) is 8.81. The van der Waals surface area contributed by atoms with Gasteiger partial charge in [-0.3, -0.25) is 15.0 Å². The van der Waals surface area contributed by atoms with Crippen molar-refractivity contribution in [2.45, 2.75) is 20.3 Å². The number of hydrogen-bond donors (Lipinski definition) is 2. The molecule has 0 radical (unpaired) electrons. The number of aromatic amines is 2. The van der Waals surface area contributed by atoms with E-state index < -0.39 is 0 Å². The average Bonchev–Trinajstić information content (AvgIpc) is 3.70. The number of aryl methyl sites for hydroxylation is 2. The summed E-state index contributed by atoms with van der Waals surface area (Å²) in [6.07, 6.45) is 0.435. The van der Waals surface area contributed by atoms with Crippen molar-refractivity contribution in [3.05, 3.63) is 117 Å².